The molecule has 1 fully saturated rings. The van der Waals surface area contributed by atoms with Crippen molar-refractivity contribution < 1.29 is 4.79 Å². The fraction of sp³-hybridized carbons (Fsp3) is 0.611. The Bertz CT molecular complexity index is 447. The Labute approximate surface area is 127 Å². The molecule has 2 heteroatoms. The zero-order valence-electron chi connectivity index (χ0n) is 12.5. The SMILES string of the molecule is CCCCCc1ccc(C(=O)Cl)c(C2CCCCC2)c1. The van der Waals surface area contributed by atoms with Crippen molar-refractivity contribution in [2.75, 3.05) is 0 Å². The highest BCUT2D eigenvalue weighted by atomic mass is 35.5. The fourth-order valence-corrected chi connectivity index (χ4v) is 3.45. The van der Waals surface area contributed by atoms with Gasteiger partial charge in [0.05, 0.1) is 0 Å². The van der Waals surface area contributed by atoms with Crippen LogP contribution in [0.4, 0.5) is 0 Å². The Balaban J connectivity index is 2.19. The van der Waals surface area contributed by atoms with Crippen molar-refractivity contribution in [3.05, 3.63) is 34.9 Å². The van der Waals surface area contributed by atoms with Crippen LogP contribution in [0.5, 0.6) is 0 Å². The lowest BCUT2D eigenvalue weighted by atomic mass is 9.81. The zero-order valence-corrected chi connectivity index (χ0v) is 13.2. The first-order valence-corrected chi connectivity index (χ1v) is 8.42. The van der Waals surface area contributed by atoms with E-state index in [-0.39, 0.29) is 5.24 Å². The standard InChI is InChI=1S/C18H25ClO/c1-2-3-5-8-14-11-12-16(18(19)20)17(13-14)15-9-6-4-7-10-15/h11-13,15H,2-10H2,1H3. The second kappa shape index (κ2) is 7.83. The summed E-state index contributed by atoms with van der Waals surface area (Å²) in [7, 11) is 0. The van der Waals surface area contributed by atoms with E-state index in [2.05, 4.69) is 19.1 Å². The van der Waals surface area contributed by atoms with Crippen LogP contribution >= 0.6 is 11.6 Å². The number of aryl methyl sites for hydroxylation is 1. The van der Waals surface area contributed by atoms with Gasteiger partial charge in [0, 0.05) is 5.56 Å². The van der Waals surface area contributed by atoms with E-state index in [1.54, 1.807) is 0 Å². The van der Waals surface area contributed by atoms with Gasteiger partial charge in [0.2, 0.25) is 0 Å². The van der Waals surface area contributed by atoms with E-state index in [1.807, 2.05) is 6.07 Å². The molecule has 0 atom stereocenters. The molecule has 1 aliphatic carbocycles. The molecule has 110 valence electrons. The topological polar surface area (TPSA) is 17.1 Å². The Morgan fingerprint density at radius 1 is 1.20 bits per heavy atom. The van der Waals surface area contributed by atoms with Crippen molar-refractivity contribution in [2.45, 2.75) is 70.6 Å². The molecule has 0 radical (unpaired) electrons. The van der Waals surface area contributed by atoms with Crippen LogP contribution in [-0.2, 0) is 6.42 Å². The van der Waals surface area contributed by atoms with Crippen molar-refractivity contribution in [3.8, 4) is 0 Å². The van der Waals surface area contributed by atoms with Gasteiger partial charge in [-0.15, -0.1) is 0 Å². The number of unbranched alkanes of at least 4 members (excludes halogenated alkanes) is 2. The van der Waals surface area contributed by atoms with E-state index < -0.39 is 0 Å². The summed E-state index contributed by atoms with van der Waals surface area (Å²) in [6, 6.07) is 6.28. The van der Waals surface area contributed by atoms with E-state index in [4.69, 9.17) is 11.6 Å². The predicted molar refractivity (Wildman–Crippen MR) is 85.7 cm³/mol. The number of benzene rings is 1. The van der Waals surface area contributed by atoms with E-state index in [9.17, 15) is 4.79 Å². The van der Waals surface area contributed by atoms with Crippen molar-refractivity contribution in [1.82, 2.24) is 0 Å². The molecule has 2 rings (SSSR count). The second-order valence-electron chi connectivity index (χ2n) is 5.99. The lowest BCUT2D eigenvalue weighted by Crippen LogP contribution is -2.09. The van der Waals surface area contributed by atoms with Crippen LogP contribution < -0.4 is 0 Å². The summed E-state index contributed by atoms with van der Waals surface area (Å²) in [6.45, 7) is 2.22. The van der Waals surface area contributed by atoms with Gasteiger partial charge in [-0.2, -0.15) is 0 Å². The molecule has 0 amide bonds. The van der Waals surface area contributed by atoms with Gasteiger partial charge in [-0.1, -0.05) is 51.2 Å². The fourth-order valence-electron chi connectivity index (χ4n) is 3.28. The zero-order chi connectivity index (χ0) is 14.4. The molecular formula is C18H25ClO. The third kappa shape index (κ3) is 4.09. The normalized spacial score (nSPS) is 16.3. The minimum Gasteiger partial charge on any atom is -0.276 e. The number of carbonyl (C=O) groups excluding carboxylic acids is 1. The first-order valence-electron chi connectivity index (χ1n) is 8.05. The third-order valence-corrected chi connectivity index (χ3v) is 4.65. The minimum atomic E-state index is -0.300. The largest absolute Gasteiger partial charge is 0.276 e. The van der Waals surface area contributed by atoms with Crippen molar-refractivity contribution in [3.63, 3.8) is 0 Å². The summed E-state index contributed by atoms with van der Waals surface area (Å²) in [5, 5.41) is -0.300. The van der Waals surface area contributed by atoms with Crippen LogP contribution in [-0.4, -0.2) is 5.24 Å². The molecule has 1 aromatic rings. The highest BCUT2D eigenvalue weighted by molar-refractivity contribution is 6.67. The first kappa shape index (κ1) is 15.6. The molecule has 0 spiro atoms. The van der Waals surface area contributed by atoms with Gasteiger partial charge in [-0.25, -0.2) is 0 Å². The highest BCUT2D eigenvalue weighted by Gasteiger charge is 2.21. The maximum Gasteiger partial charge on any atom is 0.252 e. The smallest absolute Gasteiger partial charge is 0.252 e. The van der Waals surface area contributed by atoms with Crippen molar-refractivity contribution in [1.29, 1.82) is 0 Å². The molecule has 0 heterocycles. The maximum absolute atomic E-state index is 11.6. The van der Waals surface area contributed by atoms with Gasteiger partial charge >= 0.3 is 0 Å². The minimum absolute atomic E-state index is 0.300. The number of rotatable bonds is 6. The molecule has 0 aromatic heterocycles. The summed E-state index contributed by atoms with van der Waals surface area (Å²) in [4.78, 5) is 11.6. The van der Waals surface area contributed by atoms with Gasteiger partial charge < -0.3 is 0 Å². The molecule has 0 unspecified atom stereocenters. The van der Waals surface area contributed by atoms with E-state index in [1.165, 1.54) is 62.5 Å². The quantitative estimate of drug-likeness (QED) is 0.475. The summed E-state index contributed by atoms with van der Waals surface area (Å²) in [6.07, 6.45) is 11.2. The van der Waals surface area contributed by atoms with Gasteiger partial charge in [0.1, 0.15) is 0 Å². The molecule has 1 aliphatic rings. The van der Waals surface area contributed by atoms with E-state index >= 15 is 0 Å². The van der Waals surface area contributed by atoms with Crippen LogP contribution in [0, 0.1) is 0 Å². The van der Waals surface area contributed by atoms with Crippen LogP contribution in [0.3, 0.4) is 0 Å². The summed E-state index contributed by atoms with van der Waals surface area (Å²) < 4.78 is 0. The lowest BCUT2D eigenvalue weighted by Gasteiger charge is -2.24. The molecular weight excluding hydrogens is 268 g/mol. The average Bonchev–Trinajstić information content (AvgIpc) is 2.48. The predicted octanol–water partition coefficient (Wildman–Crippen LogP) is 5.85. The highest BCUT2D eigenvalue weighted by Crippen LogP contribution is 2.35. The Kier molecular flexibility index (Phi) is 6.09. The monoisotopic (exact) mass is 292 g/mol. The van der Waals surface area contributed by atoms with Crippen LogP contribution in [0.1, 0.15) is 85.7 Å². The number of carbonyl (C=O) groups is 1. The molecule has 1 aromatic carbocycles. The second-order valence-corrected chi connectivity index (χ2v) is 6.33. The van der Waals surface area contributed by atoms with Gasteiger partial charge in [-0.3, -0.25) is 4.79 Å². The molecule has 0 N–H and O–H groups in total. The van der Waals surface area contributed by atoms with Crippen molar-refractivity contribution >= 4 is 16.8 Å². The van der Waals surface area contributed by atoms with Gasteiger partial charge in [0.15, 0.2) is 0 Å². The van der Waals surface area contributed by atoms with Gasteiger partial charge in [-0.05, 0) is 60.4 Å². The summed E-state index contributed by atoms with van der Waals surface area (Å²) in [5.41, 5.74) is 3.30. The number of halogens is 1. The summed E-state index contributed by atoms with van der Waals surface area (Å²) >= 11 is 5.77. The molecule has 0 saturated heterocycles. The van der Waals surface area contributed by atoms with Crippen LogP contribution in [0.25, 0.3) is 0 Å². The first-order chi connectivity index (χ1) is 9.72. The molecule has 0 aliphatic heterocycles. The van der Waals surface area contributed by atoms with Crippen molar-refractivity contribution in [2.24, 2.45) is 0 Å². The lowest BCUT2D eigenvalue weighted by molar-refractivity contribution is 0.108. The van der Waals surface area contributed by atoms with Crippen LogP contribution in [0.2, 0.25) is 0 Å². The maximum atomic E-state index is 11.6. The Morgan fingerprint density at radius 2 is 1.95 bits per heavy atom. The van der Waals surface area contributed by atoms with Crippen LogP contribution in [0.15, 0.2) is 18.2 Å². The Hall–Kier alpha value is -0.820. The molecule has 1 nitrogen and oxygen atoms in total. The average molecular weight is 293 g/mol. The Morgan fingerprint density at radius 3 is 2.60 bits per heavy atom. The summed E-state index contributed by atoms with van der Waals surface area (Å²) in [5.74, 6) is 0.535. The molecule has 1 saturated carbocycles. The van der Waals surface area contributed by atoms with Gasteiger partial charge in [0.25, 0.3) is 5.24 Å². The van der Waals surface area contributed by atoms with E-state index in [0.29, 0.717) is 5.92 Å². The molecule has 20 heavy (non-hydrogen) atoms. The number of hydrogen-bond acceptors (Lipinski definition) is 1. The van der Waals surface area contributed by atoms with E-state index in [0.717, 1.165) is 12.0 Å². The molecule has 0 bridgehead atoms. The number of hydrogen-bond donors (Lipinski definition) is 0. The third-order valence-electron chi connectivity index (χ3n) is 4.44.